The van der Waals surface area contributed by atoms with Crippen molar-refractivity contribution in [3.8, 4) is 11.5 Å². The van der Waals surface area contributed by atoms with Crippen molar-refractivity contribution in [2.75, 3.05) is 32.3 Å². The van der Waals surface area contributed by atoms with Gasteiger partial charge in [-0.2, -0.15) is 0 Å². The van der Waals surface area contributed by atoms with Crippen molar-refractivity contribution in [2.45, 2.75) is 12.8 Å². The molecule has 1 fully saturated rings. The van der Waals surface area contributed by atoms with E-state index in [1.165, 1.54) is 14.2 Å². The number of nitrogens with one attached hydrogen (secondary N) is 1. The minimum absolute atomic E-state index is 0.144. The van der Waals surface area contributed by atoms with Gasteiger partial charge >= 0.3 is 0 Å². The highest BCUT2D eigenvalue weighted by molar-refractivity contribution is 7.91. The average molecular weight is 327 g/mol. The molecule has 1 aliphatic rings. The molecule has 1 atom stereocenters. The highest BCUT2D eigenvalue weighted by Gasteiger charge is 2.27. The molecular weight excluding hydrogens is 306 g/mol. The van der Waals surface area contributed by atoms with E-state index in [0.29, 0.717) is 36.4 Å². The number of hydrogen-bond acceptors (Lipinski definition) is 5. The van der Waals surface area contributed by atoms with Gasteiger partial charge in [-0.15, -0.1) is 0 Å². The second-order valence-corrected chi connectivity index (χ2v) is 7.64. The molecule has 0 aromatic heterocycles. The third-order valence-electron chi connectivity index (χ3n) is 3.78. The Morgan fingerprint density at radius 1 is 1.23 bits per heavy atom. The second kappa shape index (κ2) is 7.00. The van der Waals surface area contributed by atoms with E-state index in [9.17, 15) is 13.2 Å². The van der Waals surface area contributed by atoms with Crippen molar-refractivity contribution in [1.29, 1.82) is 0 Å². The Hall–Kier alpha value is -1.76. The van der Waals surface area contributed by atoms with E-state index in [1.807, 2.05) is 0 Å². The van der Waals surface area contributed by atoms with Gasteiger partial charge in [-0.25, -0.2) is 8.42 Å². The zero-order valence-electron chi connectivity index (χ0n) is 12.8. The molecule has 1 amide bonds. The topological polar surface area (TPSA) is 81.7 Å². The maximum Gasteiger partial charge on any atom is 0.251 e. The zero-order chi connectivity index (χ0) is 16.2. The minimum Gasteiger partial charge on any atom is -0.497 e. The molecule has 122 valence electrons. The van der Waals surface area contributed by atoms with Crippen LogP contribution in [0.2, 0.25) is 0 Å². The molecule has 0 bridgehead atoms. The van der Waals surface area contributed by atoms with E-state index in [1.54, 1.807) is 18.2 Å². The first kappa shape index (κ1) is 16.6. The van der Waals surface area contributed by atoms with Crippen LogP contribution in [0.25, 0.3) is 0 Å². The van der Waals surface area contributed by atoms with E-state index in [0.717, 1.165) is 0 Å². The maximum atomic E-state index is 12.1. The molecule has 0 aliphatic carbocycles. The van der Waals surface area contributed by atoms with Crippen LogP contribution in [-0.2, 0) is 9.84 Å². The van der Waals surface area contributed by atoms with Crippen LogP contribution >= 0.6 is 0 Å². The summed E-state index contributed by atoms with van der Waals surface area (Å²) in [6, 6.07) is 4.97. The molecule has 1 N–H and O–H groups in total. The van der Waals surface area contributed by atoms with E-state index in [-0.39, 0.29) is 23.3 Å². The molecule has 6 nitrogen and oxygen atoms in total. The van der Waals surface area contributed by atoms with E-state index < -0.39 is 9.84 Å². The highest BCUT2D eigenvalue weighted by atomic mass is 32.2. The van der Waals surface area contributed by atoms with Gasteiger partial charge in [-0.3, -0.25) is 4.79 Å². The number of ether oxygens (including phenoxy) is 2. The van der Waals surface area contributed by atoms with Crippen molar-refractivity contribution in [3.05, 3.63) is 23.8 Å². The van der Waals surface area contributed by atoms with Gasteiger partial charge in [-0.1, -0.05) is 0 Å². The molecule has 1 aromatic carbocycles. The standard InChI is InChI=1S/C15H21NO5S/c1-20-13-7-12(8-14(9-13)21-2)15(17)16-5-3-11-4-6-22(18,19)10-11/h7-9,11H,3-6,10H2,1-2H3,(H,16,17). The Bertz CT molecular complexity index is 619. The fourth-order valence-electron chi connectivity index (χ4n) is 2.53. The summed E-state index contributed by atoms with van der Waals surface area (Å²) >= 11 is 0. The number of methoxy groups -OCH3 is 2. The molecular formula is C15H21NO5S. The number of benzene rings is 1. The van der Waals surface area contributed by atoms with Crippen molar-refractivity contribution >= 4 is 15.7 Å². The number of rotatable bonds is 6. The average Bonchev–Trinajstić information content (AvgIpc) is 2.85. The summed E-state index contributed by atoms with van der Waals surface area (Å²) in [7, 11) is 0.188. The molecule has 0 spiro atoms. The molecule has 22 heavy (non-hydrogen) atoms. The van der Waals surface area contributed by atoms with E-state index in [2.05, 4.69) is 5.32 Å². The summed E-state index contributed by atoms with van der Waals surface area (Å²) in [5.41, 5.74) is 0.454. The van der Waals surface area contributed by atoms with E-state index in [4.69, 9.17) is 9.47 Å². The van der Waals surface area contributed by atoms with Crippen LogP contribution in [0.15, 0.2) is 18.2 Å². The summed E-state index contributed by atoms with van der Waals surface area (Å²) < 4.78 is 33.0. The minimum atomic E-state index is -2.86. The third-order valence-corrected chi connectivity index (χ3v) is 5.62. The van der Waals surface area contributed by atoms with Gasteiger partial charge in [0, 0.05) is 18.2 Å². The second-order valence-electron chi connectivity index (χ2n) is 5.41. The maximum absolute atomic E-state index is 12.1. The molecule has 1 heterocycles. The van der Waals surface area contributed by atoms with Crippen LogP contribution in [0.4, 0.5) is 0 Å². The lowest BCUT2D eigenvalue weighted by molar-refractivity contribution is 0.0951. The first-order valence-electron chi connectivity index (χ1n) is 7.15. The lowest BCUT2D eigenvalue weighted by atomic mass is 10.1. The number of carbonyl (C=O) groups is 1. The van der Waals surface area contributed by atoms with Gasteiger partial charge in [-0.05, 0) is 30.9 Å². The number of amides is 1. The first-order chi connectivity index (χ1) is 10.4. The molecule has 7 heteroatoms. The third kappa shape index (κ3) is 4.37. The van der Waals surface area contributed by atoms with Gasteiger partial charge < -0.3 is 14.8 Å². The molecule has 1 unspecified atom stereocenters. The van der Waals surface area contributed by atoms with Crippen LogP contribution in [0.5, 0.6) is 11.5 Å². The lowest BCUT2D eigenvalue weighted by Crippen LogP contribution is -2.26. The fourth-order valence-corrected chi connectivity index (χ4v) is 4.44. The van der Waals surface area contributed by atoms with Gasteiger partial charge in [0.25, 0.3) is 5.91 Å². The quantitative estimate of drug-likeness (QED) is 0.850. The summed E-state index contributed by atoms with van der Waals surface area (Å²) in [5.74, 6) is 1.51. The monoisotopic (exact) mass is 327 g/mol. The van der Waals surface area contributed by atoms with Crippen LogP contribution in [0, 0.1) is 5.92 Å². The van der Waals surface area contributed by atoms with Gasteiger partial charge in [0.2, 0.25) is 0 Å². The molecule has 2 rings (SSSR count). The van der Waals surface area contributed by atoms with Crippen molar-refractivity contribution in [3.63, 3.8) is 0 Å². The highest BCUT2D eigenvalue weighted by Crippen LogP contribution is 2.23. The van der Waals surface area contributed by atoms with Gasteiger partial charge in [0.05, 0.1) is 25.7 Å². The zero-order valence-corrected chi connectivity index (χ0v) is 13.6. The molecule has 0 radical (unpaired) electrons. The van der Waals surface area contributed by atoms with E-state index >= 15 is 0 Å². The molecule has 0 saturated carbocycles. The molecule has 1 aromatic rings. The number of sulfone groups is 1. The lowest BCUT2D eigenvalue weighted by Gasteiger charge is -2.11. The smallest absolute Gasteiger partial charge is 0.251 e. The normalized spacial score (nSPS) is 19.6. The first-order valence-corrected chi connectivity index (χ1v) is 8.97. The van der Waals surface area contributed by atoms with Crippen molar-refractivity contribution in [1.82, 2.24) is 5.32 Å². The van der Waals surface area contributed by atoms with Crippen LogP contribution < -0.4 is 14.8 Å². The largest absolute Gasteiger partial charge is 0.497 e. The Kier molecular flexibility index (Phi) is 5.28. The van der Waals surface area contributed by atoms with Crippen LogP contribution in [0.1, 0.15) is 23.2 Å². The van der Waals surface area contributed by atoms with Gasteiger partial charge in [0.1, 0.15) is 11.5 Å². The summed E-state index contributed by atoms with van der Waals surface area (Å²) in [6.07, 6.45) is 1.36. The van der Waals surface area contributed by atoms with Crippen LogP contribution in [-0.4, -0.2) is 46.6 Å². The Labute approximate surface area is 130 Å². The van der Waals surface area contributed by atoms with Gasteiger partial charge in [0.15, 0.2) is 9.84 Å². The van der Waals surface area contributed by atoms with Crippen LogP contribution in [0.3, 0.4) is 0 Å². The Morgan fingerprint density at radius 2 is 1.86 bits per heavy atom. The number of hydrogen-bond donors (Lipinski definition) is 1. The molecule has 1 aliphatic heterocycles. The van der Waals surface area contributed by atoms with Crippen molar-refractivity contribution < 1.29 is 22.7 Å². The fraction of sp³-hybridized carbons (Fsp3) is 0.533. The number of carbonyl (C=O) groups excluding carboxylic acids is 1. The molecule has 1 saturated heterocycles. The Morgan fingerprint density at radius 3 is 2.36 bits per heavy atom. The van der Waals surface area contributed by atoms with Crippen molar-refractivity contribution in [2.24, 2.45) is 5.92 Å². The predicted octanol–water partition coefficient (Wildman–Crippen LogP) is 1.26. The summed E-state index contributed by atoms with van der Waals surface area (Å²) in [4.78, 5) is 12.1. The SMILES string of the molecule is COc1cc(OC)cc(C(=O)NCCC2CCS(=O)(=O)C2)c1. The summed E-state index contributed by atoms with van der Waals surface area (Å²) in [5, 5.41) is 2.81. The summed E-state index contributed by atoms with van der Waals surface area (Å²) in [6.45, 7) is 0.457. The Balaban J connectivity index is 1.90. The predicted molar refractivity (Wildman–Crippen MR) is 83.3 cm³/mol.